The molecule has 1 saturated heterocycles. The lowest BCUT2D eigenvalue weighted by Crippen LogP contribution is -2.46. The number of morpholine rings is 1. The van der Waals surface area contributed by atoms with Gasteiger partial charge in [-0.2, -0.15) is 5.10 Å². The molecule has 4 heterocycles. The van der Waals surface area contributed by atoms with E-state index in [-0.39, 0.29) is 12.2 Å². The Morgan fingerprint density at radius 2 is 1.97 bits per heavy atom. The minimum atomic E-state index is 0.284. The van der Waals surface area contributed by atoms with Crippen LogP contribution in [0.25, 0.3) is 11.5 Å². The summed E-state index contributed by atoms with van der Waals surface area (Å²) < 4.78 is 15.7. The largest absolute Gasteiger partial charge is 0.373 e. The van der Waals surface area contributed by atoms with Crippen LogP contribution in [-0.4, -0.2) is 67.7 Å². The maximum atomic E-state index is 5.85. The van der Waals surface area contributed by atoms with E-state index in [1.807, 2.05) is 6.20 Å². The maximum Gasteiger partial charge on any atom is 0.176 e. The zero-order chi connectivity index (χ0) is 20.4. The minimum Gasteiger partial charge on any atom is -0.373 e. The lowest BCUT2D eigenvalue weighted by atomic mass is 10.1. The second-order valence-electron chi connectivity index (χ2n) is 8.79. The molecule has 2 aromatic rings. The van der Waals surface area contributed by atoms with Crippen molar-refractivity contribution in [2.75, 3.05) is 26.2 Å². The fraction of sp³-hybridized carbons (Fsp3) is 0.762. The number of ether oxygens (including phenoxy) is 2. The highest BCUT2D eigenvalue weighted by Gasteiger charge is 2.24. The van der Waals surface area contributed by atoms with Gasteiger partial charge in [-0.05, 0) is 26.2 Å². The zero-order valence-corrected chi connectivity index (χ0v) is 18.2. The number of hydrogen-bond donors (Lipinski definition) is 0. The highest BCUT2D eigenvalue weighted by atomic mass is 16.5. The van der Waals surface area contributed by atoms with E-state index in [4.69, 9.17) is 19.6 Å². The van der Waals surface area contributed by atoms with Crippen molar-refractivity contribution in [3.05, 3.63) is 17.8 Å². The van der Waals surface area contributed by atoms with Crippen LogP contribution in [0.3, 0.4) is 0 Å². The third-order valence-corrected chi connectivity index (χ3v) is 5.64. The molecule has 0 saturated carbocycles. The molecule has 0 amide bonds. The molecular weight excluding hydrogens is 368 g/mol. The number of aromatic nitrogens is 5. The van der Waals surface area contributed by atoms with Crippen molar-refractivity contribution >= 4 is 0 Å². The molecule has 2 aromatic heterocycles. The Labute approximate surface area is 173 Å². The molecule has 1 fully saturated rings. The summed E-state index contributed by atoms with van der Waals surface area (Å²) in [7, 11) is 0. The lowest BCUT2D eigenvalue weighted by molar-refractivity contribution is -0.0676. The number of imidazole rings is 1. The third kappa shape index (κ3) is 4.87. The summed E-state index contributed by atoms with van der Waals surface area (Å²) in [5.74, 6) is 3.45. The minimum absolute atomic E-state index is 0.284. The Morgan fingerprint density at radius 1 is 1.17 bits per heavy atom. The molecule has 0 N–H and O–H groups in total. The molecule has 8 heteroatoms. The Bertz CT molecular complexity index is 804. The highest BCUT2D eigenvalue weighted by Crippen LogP contribution is 2.23. The molecule has 0 aliphatic carbocycles. The normalized spacial score (nSPS) is 22.9. The van der Waals surface area contributed by atoms with Crippen LogP contribution in [0.5, 0.6) is 0 Å². The fourth-order valence-corrected chi connectivity index (χ4v) is 4.22. The molecule has 8 nitrogen and oxygen atoms in total. The molecule has 2 aliphatic rings. The Kier molecular flexibility index (Phi) is 6.32. The van der Waals surface area contributed by atoms with Crippen molar-refractivity contribution in [3.8, 4) is 11.5 Å². The summed E-state index contributed by atoms with van der Waals surface area (Å²) >= 11 is 0. The van der Waals surface area contributed by atoms with Gasteiger partial charge in [-0.1, -0.05) is 13.8 Å². The summed E-state index contributed by atoms with van der Waals surface area (Å²) in [6, 6.07) is 0. The smallest absolute Gasteiger partial charge is 0.176 e. The summed E-state index contributed by atoms with van der Waals surface area (Å²) in [6.07, 6.45) is 4.43. The molecule has 0 radical (unpaired) electrons. The molecule has 0 spiro atoms. The molecular formula is C21H34N6O2. The second-order valence-corrected chi connectivity index (χ2v) is 8.79. The lowest BCUT2D eigenvalue weighted by Gasteiger charge is -2.35. The van der Waals surface area contributed by atoms with E-state index in [2.05, 4.69) is 46.8 Å². The Balaban J connectivity index is 1.53. The number of nitrogens with zero attached hydrogens (tertiary/aromatic N) is 6. The van der Waals surface area contributed by atoms with E-state index in [1.165, 1.54) is 0 Å². The van der Waals surface area contributed by atoms with Crippen LogP contribution in [0.2, 0.25) is 0 Å². The monoisotopic (exact) mass is 402 g/mol. The van der Waals surface area contributed by atoms with Crippen LogP contribution in [0.1, 0.15) is 45.8 Å². The molecule has 29 heavy (non-hydrogen) atoms. The highest BCUT2D eigenvalue weighted by molar-refractivity contribution is 5.50. The quantitative estimate of drug-likeness (QED) is 0.708. The summed E-state index contributed by atoms with van der Waals surface area (Å²) in [5.41, 5.74) is 1.06. The van der Waals surface area contributed by atoms with Gasteiger partial charge >= 0.3 is 0 Å². The Hall–Kier alpha value is -1.77. The molecule has 160 valence electrons. The van der Waals surface area contributed by atoms with Crippen molar-refractivity contribution in [2.45, 2.75) is 72.4 Å². The fourth-order valence-electron chi connectivity index (χ4n) is 4.22. The molecule has 2 atom stereocenters. The second kappa shape index (κ2) is 8.93. The Morgan fingerprint density at radius 3 is 2.72 bits per heavy atom. The van der Waals surface area contributed by atoms with Crippen LogP contribution >= 0.6 is 0 Å². The van der Waals surface area contributed by atoms with Crippen LogP contribution in [0.4, 0.5) is 0 Å². The molecule has 2 unspecified atom stereocenters. The summed E-state index contributed by atoms with van der Waals surface area (Å²) in [6.45, 7) is 14.7. The third-order valence-electron chi connectivity index (χ3n) is 5.64. The average Bonchev–Trinajstić information content (AvgIpc) is 3.27. The predicted octanol–water partition coefficient (Wildman–Crippen LogP) is 2.37. The van der Waals surface area contributed by atoms with Crippen molar-refractivity contribution in [1.82, 2.24) is 29.2 Å². The van der Waals surface area contributed by atoms with E-state index < -0.39 is 0 Å². The van der Waals surface area contributed by atoms with E-state index in [0.29, 0.717) is 12.5 Å². The molecule has 0 aromatic carbocycles. The van der Waals surface area contributed by atoms with Gasteiger partial charge in [0.05, 0.1) is 25.0 Å². The van der Waals surface area contributed by atoms with Gasteiger partial charge in [0.15, 0.2) is 11.6 Å². The zero-order valence-electron chi connectivity index (χ0n) is 18.2. The van der Waals surface area contributed by atoms with E-state index in [9.17, 15) is 0 Å². The van der Waals surface area contributed by atoms with Gasteiger partial charge in [0.25, 0.3) is 0 Å². The molecule has 0 bridgehead atoms. The van der Waals surface area contributed by atoms with Crippen LogP contribution in [-0.2, 0) is 35.6 Å². The van der Waals surface area contributed by atoms with Gasteiger partial charge in [0.1, 0.15) is 18.1 Å². The van der Waals surface area contributed by atoms with Crippen LogP contribution in [0, 0.1) is 5.92 Å². The SMILES string of the molecule is CC(C)CCn1nc(CCN2CC(C)OC(C)C2)nc1-c1cnc2n1CCOC2. The van der Waals surface area contributed by atoms with E-state index >= 15 is 0 Å². The van der Waals surface area contributed by atoms with Crippen LogP contribution < -0.4 is 0 Å². The van der Waals surface area contributed by atoms with Gasteiger partial charge < -0.3 is 14.0 Å². The van der Waals surface area contributed by atoms with Crippen molar-refractivity contribution < 1.29 is 9.47 Å². The van der Waals surface area contributed by atoms with Crippen molar-refractivity contribution in [1.29, 1.82) is 0 Å². The first kappa shape index (κ1) is 20.5. The first-order chi connectivity index (χ1) is 14.0. The number of aryl methyl sites for hydroxylation is 1. The number of rotatable bonds is 7. The van der Waals surface area contributed by atoms with Crippen molar-refractivity contribution in [3.63, 3.8) is 0 Å². The average molecular weight is 403 g/mol. The van der Waals surface area contributed by atoms with Gasteiger partial charge in [0.2, 0.25) is 0 Å². The first-order valence-corrected chi connectivity index (χ1v) is 10.9. The van der Waals surface area contributed by atoms with E-state index in [1.54, 1.807) is 0 Å². The number of hydrogen-bond acceptors (Lipinski definition) is 6. The molecule has 2 aliphatic heterocycles. The van der Waals surface area contributed by atoms with Gasteiger partial charge in [0, 0.05) is 39.1 Å². The van der Waals surface area contributed by atoms with Gasteiger partial charge in [-0.15, -0.1) is 0 Å². The number of fused-ring (bicyclic) bond motifs is 1. The summed E-state index contributed by atoms with van der Waals surface area (Å²) in [4.78, 5) is 12.0. The standard InChI is InChI=1S/C21H34N6O2/c1-15(2)5-8-27-21(18-11-22-20-14-28-10-9-26(18)20)23-19(24-27)6-7-25-12-16(3)29-17(4)13-25/h11,15-17H,5-10,12-14H2,1-4H3. The van der Waals surface area contributed by atoms with Crippen molar-refractivity contribution in [2.24, 2.45) is 5.92 Å². The van der Waals surface area contributed by atoms with E-state index in [0.717, 1.165) is 75.3 Å². The van der Waals surface area contributed by atoms with Gasteiger partial charge in [-0.25, -0.2) is 14.6 Å². The maximum absolute atomic E-state index is 5.85. The predicted molar refractivity (Wildman–Crippen MR) is 111 cm³/mol. The van der Waals surface area contributed by atoms with Gasteiger partial charge in [-0.3, -0.25) is 4.90 Å². The van der Waals surface area contributed by atoms with Crippen LogP contribution in [0.15, 0.2) is 6.20 Å². The first-order valence-electron chi connectivity index (χ1n) is 10.9. The summed E-state index contributed by atoms with van der Waals surface area (Å²) in [5, 5.41) is 4.88. The topological polar surface area (TPSA) is 70.2 Å². The molecule has 4 rings (SSSR count).